The summed E-state index contributed by atoms with van der Waals surface area (Å²) in [7, 11) is 3.09. The fourth-order valence-electron chi connectivity index (χ4n) is 2.59. The van der Waals surface area contributed by atoms with Crippen molar-refractivity contribution in [3.8, 4) is 11.5 Å². The number of imidazole rings is 1. The van der Waals surface area contributed by atoms with Gasteiger partial charge >= 0.3 is 0 Å². The minimum Gasteiger partial charge on any atom is -0.493 e. The zero-order valence-corrected chi connectivity index (χ0v) is 13.4. The van der Waals surface area contributed by atoms with Crippen LogP contribution in [0.25, 0.3) is 11.0 Å². The molecule has 0 amide bonds. The number of carbonyl (C=O) groups is 1. The predicted molar refractivity (Wildman–Crippen MR) is 91.4 cm³/mol. The number of anilines is 1. The van der Waals surface area contributed by atoms with Crippen LogP contribution in [0.2, 0.25) is 0 Å². The Labute approximate surface area is 139 Å². The van der Waals surface area contributed by atoms with E-state index in [1.165, 1.54) is 7.11 Å². The smallest absolute Gasteiger partial charge is 0.218 e. The lowest BCUT2D eigenvalue weighted by Crippen LogP contribution is -2.17. The number of methoxy groups -OCH3 is 2. The average molecular weight is 326 g/mol. The molecule has 0 radical (unpaired) electrons. The van der Waals surface area contributed by atoms with Crippen LogP contribution >= 0.6 is 0 Å². The molecule has 1 heterocycles. The summed E-state index contributed by atoms with van der Waals surface area (Å²) in [6.45, 7) is 0.107. The first-order valence-electron chi connectivity index (χ1n) is 7.35. The molecule has 0 saturated carbocycles. The Morgan fingerprint density at radius 3 is 2.62 bits per heavy atom. The van der Waals surface area contributed by atoms with Gasteiger partial charge in [0.2, 0.25) is 5.95 Å². The van der Waals surface area contributed by atoms with E-state index in [0.29, 0.717) is 23.0 Å². The zero-order valence-electron chi connectivity index (χ0n) is 13.4. The number of para-hydroxylation sites is 2. The molecule has 7 heteroatoms. The van der Waals surface area contributed by atoms with Crippen LogP contribution in [0.15, 0.2) is 42.5 Å². The van der Waals surface area contributed by atoms with Crippen molar-refractivity contribution in [2.75, 3.05) is 19.6 Å². The zero-order chi connectivity index (χ0) is 17.1. The van der Waals surface area contributed by atoms with E-state index in [9.17, 15) is 4.79 Å². The molecule has 0 aliphatic carbocycles. The normalized spacial score (nSPS) is 10.6. The number of hydrazine groups is 1. The Morgan fingerprint density at radius 2 is 1.92 bits per heavy atom. The van der Waals surface area contributed by atoms with Gasteiger partial charge in [0.1, 0.15) is 0 Å². The van der Waals surface area contributed by atoms with Gasteiger partial charge in [-0.1, -0.05) is 12.1 Å². The maximum atomic E-state index is 12.7. The minimum atomic E-state index is -0.0874. The third-order valence-electron chi connectivity index (χ3n) is 3.79. The first-order valence-corrected chi connectivity index (χ1v) is 7.35. The number of nitrogens with one attached hydrogen (secondary N) is 1. The van der Waals surface area contributed by atoms with Crippen molar-refractivity contribution in [2.24, 2.45) is 5.84 Å². The number of hydrogen-bond acceptors (Lipinski definition) is 6. The lowest BCUT2D eigenvalue weighted by atomic mass is 10.1. The van der Waals surface area contributed by atoms with Crippen molar-refractivity contribution in [3.05, 3.63) is 48.0 Å². The molecule has 0 atom stereocenters. The topological polar surface area (TPSA) is 91.4 Å². The van der Waals surface area contributed by atoms with Crippen molar-refractivity contribution in [1.29, 1.82) is 0 Å². The molecule has 0 unspecified atom stereocenters. The molecule has 0 spiro atoms. The van der Waals surface area contributed by atoms with Gasteiger partial charge in [0.15, 0.2) is 17.3 Å². The van der Waals surface area contributed by atoms with Gasteiger partial charge in [0.05, 0.1) is 31.8 Å². The van der Waals surface area contributed by atoms with Gasteiger partial charge in [-0.2, -0.15) is 0 Å². The van der Waals surface area contributed by atoms with Gasteiger partial charge in [-0.05, 0) is 30.3 Å². The van der Waals surface area contributed by atoms with E-state index in [1.54, 1.807) is 29.9 Å². The number of nitrogen functional groups attached to an aromatic ring is 1. The SMILES string of the molecule is COc1ccc(C(=O)Cn2c(NN)nc3ccccc32)cc1OC. The van der Waals surface area contributed by atoms with Crippen LogP contribution < -0.4 is 20.7 Å². The maximum absolute atomic E-state index is 12.7. The second kappa shape index (κ2) is 6.59. The first-order chi connectivity index (χ1) is 11.7. The minimum absolute atomic E-state index is 0.0874. The summed E-state index contributed by atoms with van der Waals surface area (Å²) in [4.78, 5) is 17.0. The number of rotatable bonds is 6. The Hall–Kier alpha value is -3.06. The molecule has 0 saturated heterocycles. The number of benzene rings is 2. The van der Waals surface area contributed by atoms with Crippen molar-refractivity contribution < 1.29 is 14.3 Å². The highest BCUT2D eigenvalue weighted by molar-refractivity contribution is 5.97. The Bertz CT molecular complexity index is 889. The maximum Gasteiger partial charge on any atom is 0.218 e. The number of hydrogen-bond donors (Lipinski definition) is 2. The Morgan fingerprint density at radius 1 is 1.17 bits per heavy atom. The molecule has 3 rings (SSSR count). The first kappa shape index (κ1) is 15.8. The van der Waals surface area contributed by atoms with Gasteiger partial charge in [-0.25, -0.2) is 10.8 Å². The summed E-state index contributed by atoms with van der Waals surface area (Å²) < 4.78 is 12.2. The summed E-state index contributed by atoms with van der Waals surface area (Å²) in [6.07, 6.45) is 0. The predicted octanol–water partition coefficient (Wildman–Crippen LogP) is 2.22. The number of nitrogens with zero attached hydrogens (tertiary/aromatic N) is 2. The molecule has 24 heavy (non-hydrogen) atoms. The molecular formula is C17H18N4O3. The Balaban J connectivity index is 1.95. The molecule has 0 aliphatic rings. The monoisotopic (exact) mass is 326 g/mol. The van der Waals surface area contributed by atoms with Crippen LogP contribution in [0.5, 0.6) is 11.5 Å². The van der Waals surface area contributed by atoms with Crippen molar-refractivity contribution in [3.63, 3.8) is 0 Å². The van der Waals surface area contributed by atoms with E-state index in [0.717, 1.165) is 11.0 Å². The number of nitrogens with two attached hydrogens (primary N) is 1. The summed E-state index contributed by atoms with van der Waals surface area (Å²) in [6, 6.07) is 12.6. The second-order valence-electron chi connectivity index (χ2n) is 5.15. The highest BCUT2D eigenvalue weighted by Gasteiger charge is 2.16. The van der Waals surface area contributed by atoms with Crippen LogP contribution in [0, 0.1) is 0 Å². The number of carbonyl (C=O) groups excluding carboxylic acids is 1. The van der Waals surface area contributed by atoms with E-state index in [2.05, 4.69) is 10.4 Å². The summed E-state index contributed by atoms with van der Waals surface area (Å²) in [5.41, 5.74) is 4.66. The molecule has 7 nitrogen and oxygen atoms in total. The molecule has 0 aliphatic heterocycles. The third-order valence-corrected chi connectivity index (χ3v) is 3.79. The molecule has 0 fully saturated rings. The van der Waals surface area contributed by atoms with Gasteiger partial charge in [0, 0.05) is 5.56 Å². The second-order valence-corrected chi connectivity index (χ2v) is 5.15. The van der Waals surface area contributed by atoms with Crippen molar-refractivity contribution in [1.82, 2.24) is 9.55 Å². The number of ketones is 1. The van der Waals surface area contributed by atoms with E-state index < -0.39 is 0 Å². The fourth-order valence-corrected chi connectivity index (χ4v) is 2.59. The lowest BCUT2D eigenvalue weighted by molar-refractivity contribution is 0.0973. The largest absolute Gasteiger partial charge is 0.493 e. The average Bonchev–Trinajstić information content (AvgIpc) is 2.98. The molecule has 0 bridgehead atoms. The van der Waals surface area contributed by atoms with Crippen LogP contribution in [-0.2, 0) is 6.54 Å². The van der Waals surface area contributed by atoms with Crippen molar-refractivity contribution >= 4 is 22.8 Å². The third kappa shape index (κ3) is 2.77. The van der Waals surface area contributed by atoms with Crippen LogP contribution in [0.4, 0.5) is 5.95 Å². The Kier molecular flexibility index (Phi) is 4.35. The van der Waals surface area contributed by atoms with E-state index in [-0.39, 0.29) is 12.3 Å². The van der Waals surface area contributed by atoms with Gasteiger partial charge in [0.25, 0.3) is 0 Å². The molecule has 2 aromatic carbocycles. The van der Waals surface area contributed by atoms with Crippen LogP contribution in [0.3, 0.4) is 0 Å². The van der Waals surface area contributed by atoms with Gasteiger partial charge in [-0.3, -0.25) is 10.2 Å². The van der Waals surface area contributed by atoms with Crippen molar-refractivity contribution in [2.45, 2.75) is 6.54 Å². The highest BCUT2D eigenvalue weighted by Crippen LogP contribution is 2.28. The summed E-state index contributed by atoms with van der Waals surface area (Å²) in [5, 5.41) is 0. The van der Waals surface area contributed by atoms with E-state index in [1.807, 2.05) is 24.3 Å². The molecule has 3 aromatic rings. The molecule has 1 aromatic heterocycles. The molecule has 124 valence electrons. The van der Waals surface area contributed by atoms with Gasteiger partial charge in [-0.15, -0.1) is 0 Å². The van der Waals surface area contributed by atoms with Crippen LogP contribution in [-0.4, -0.2) is 29.6 Å². The lowest BCUT2D eigenvalue weighted by Gasteiger charge is -2.11. The quantitative estimate of drug-likeness (QED) is 0.410. The number of fused-ring (bicyclic) bond motifs is 1. The highest BCUT2D eigenvalue weighted by atomic mass is 16.5. The number of Topliss-reactive ketones (excluding diaryl/α,β-unsaturated/α-hetero) is 1. The summed E-state index contributed by atoms with van der Waals surface area (Å²) >= 11 is 0. The number of ether oxygens (including phenoxy) is 2. The van der Waals surface area contributed by atoms with Crippen LogP contribution in [0.1, 0.15) is 10.4 Å². The fraction of sp³-hybridized carbons (Fsp3) is 0.176. The van der Waals surface area contributed by atoms with E-state index in [4.69, 9.17) is 15.3 Å². The summed E-state index contributed by atoms with van der Waals surface area (Å²) in [5.74, 6) is 6.96. The number of aromatic nitrogens is 2. The molecule has 3 N–H and O–H groups in total. The van der Waals surface area contributed by atoms with Gasteiger partial charge < -0.3 is 14.0 Å². The van der Waals surface area contributed by atoms with E-state index >= 15 is 0 Å². The standard InChI is InChI=1S/C17H18N4O3/c1-23-15-8-7-11(9-16(15)24-2)14(22)10-21-13-6-4-3-5-12(13)19-17(21)20-18/h3-9H,10,18H2,1-2H3,(H,19,20). The molecular weight excluding hydrogens is 308 g/mol.